The third-order valence-electron chi connectivity index (χ3n) is 9.90. The van der Waals surface area contributed by atoms with E-state index in [2.05, 4.69) is 68.8 Å². The van der Waals surface area contributed by atoms with E-state index in [-0.39, 0.29) is 23.9 Å². The predicted octanol–water partition coefficient (Wildman–Crippen LogP) is 7.15. The van der Waals surface area contributed by atoms with Gasteiger partial charge >= 0.3 is 12.2 Å². The van der Waals surface area contributed by atoms with Crippen molar-refractivity contribution in [2.45, 2.75) is 57.7 Å². The molecule has 258 valence electrons. The van der Waals surface area contributed by atoms with Crippen molar-refractivity contribution in [1.29, 1.82) is 0 Å². The number of carboxylic acid groups (broad SMARTS) is 1. The number of aromatic nitrogens is 4. The van der Waals surface area contributed by atoms with Crippen LogP contribution in [-0.2, 0) is 9.53 Å². The largest absolute Gasteiger partial charge is 0.465 e. The van der Waals surface area contributed by atoms with Crippen molar-refractivity contribution < 1.29 is 24.2 Å². The number of rotatable bonds is 8. The quantitative estimate of drug-likeness (QED) is 0.136. The van der Waals surface area contributed by atoms with Crippen LogP contribution in [0.3, 0.4) is 0 Å². The first-order chi connectivity index (χ1) is 24.2. The van der Waals surface area contributed by atoms with Gasteiger partial charge in [0.05, 0.1) is 42.1 Å². The summed E-state index contributed by atoms with van der Waals surface area (Å²) in [5.41, 5.74) is 7.87. The number of H-pyrrole nitrogens is 2. The molecule has 3 aromatic carbocycles. The Morgan fingerprint density at radius 2 is 1.40 bits per heavy atom. The van der Waals surface area contributed by atoms with Crippen LogP contribution in [0, 0.1) is 5.92 Å². The van der Waals surface area contributed by atoms with Gasteiger partial charge in [0, 0.05) is 13.1 Å². The van der Waals surface area contributed by atoms with Crippen LogP contribution in [-0.4, -0.2) is 79.2 Å². The third-order valence-corrected chi connectivity index (χ3v) is 9.90. The number of aromatic amines is 2. The maximum absolute atomic E-state index is 13.6. The summed E-state index contributed by atoms with van der Waals surface area (Å²) < 4.78 is 4.76. The summed E-state index contributed by atoms with van der Waals surface area (Å²) in [6.07, 6.45) is 3.49. The van der Waals surface area contributed by atoms with Crippen LogP contribution in [0.15, 0.2) is 72.9 Å². The molecule has 0 radical (unpaired) electrons. The minimum absolute atomic E-state index is 0.0983. The van der Waals surface area contributed by atoms with Gasteiger partial charge in [-0.1, -0.05) is 68.4 Å². The standard InChI is InChI=1S/C38H41N7O5/c1-22(2)33(43-37(47)50-3)36(46)44-18-4-7-32(44)35-40-28-17-16-27(20-29(28)41-35)25-10-8-23(9-11-25)24-12-14-26(15-13-24)30-21-39-34(42-30)31-6-5-19-45(31)38(48)49/h8-17,20-22,31-33H,4-7,18-19H2,1-3H3,(H,39,42)(H,40,41)(H,43,47)(H,48,49). The van der Waals surface area contributed by atoms with E-state index in [4.69, 9.17) is 9.72 Å². The Bertz CT molecular complexity index is 2020. The fraction of sp³-hybridized carbons (Fsp3) is 0.342. The smallest absolute Gasteiger partial charge is 0.407 e. The van der Waals surface area contributed by atoms with E-state index in [1.165, 1.54) is 12.0 Å². The average molecular weight is 676 g/mol. The minimum atomic E-state index is -0.911. The van der Waals surface area contributed by atoms with Crippen LogP contribution in [0.1, 0.15) is 63.3 Å². The summed E-state index contributed by atoms with van der Waals surface area (Å²) in [5, 5.41) is 12.2. The number of ether oxygens (including phenoxy) is 1. The Hall–Kier alpha value is -5.65. The van der Waals surface area contributed by atoms with Gasteiger partial charge in [0.25, 0.3) is 0 Å². The number of hydrogen-bond donors (Lipinski definition) is 4. The molecule has 3 amide bonds. The highest BCUT2D eigenvalue weighted by molar-refractivity contribution is 5.87. The summed E-state index contributed by atoms with van der Waals surface area (Å²) in [4.78, 5) is 56.5. The van der Waals surface area contributed by atoms with Gasteiger partial charge in [-0.3, -0.25) is 9.69 Å². The first-order valence-corrected chi connectivity index (χ1v) is 17.1. The van der Waals surface area contributed by atoms with Crippen molar-refractivity contribution in [3.63, 3.8) is 0 Å². The van der Waals surface area contributed by atoms with Gasteiger partial charge in [0.2, 0.25) is 5.91 Å². The van der Waals surface area contributed by atoms with Crippen molar-refractivity contribution in [3.05, 3.63) is 84.6 Å². The second kappa shape index (κ2) is 13.7. The highest BCUT2D eigenvalue weighted by Gasteiger charge is 2.37. The molecule has 50 heavy (non-hydrogen) atoms. The summed E-state index contributed by atoms with van der Waals surface area (Å²) in [7, 11) is 1.29. The SMILES string of the molecule is COC(=O)NC(C(=O)N1CCCC1c1nc2ccc(-c3ccc(-c4ccc(-c5cnc(C6CCCN6C(=O)O)[nH]5)cc4)cc3)cc2[nH]1)C(C)C. The highest BCUT2D eigenvalue weighted by Crippen LogP contribution is 2.35. The molecule has 0 saturated carbocycles. The van der Waals surface area contributed by atoms with Crippen molar-refractivity contribution in [2.75, 3.05) is 20.2 Å². The molecule has 2 aliphatic rings. The summed E-state index contributed by atoms with van der Waals surface area (Å²) >= 11 is 0. The number of amides is 3. The number of nitrogens with zero attached hydrogens (tertiary/aromatic N) is 4. The molecular formula is C38H41N7O5. The molecule has 0 aliphatic carbocycles. The van der Waals surface area contributed by atoms with E-state index in [1.54, 1.807) is 6.20 Å². The van der Waals surface area contributed by atoms with Gasteiger partial charge in [0.15, 0.2) is 0 Å². The van der Waals surface area contributed by atoms with Gasteiger partial charge in [-0.15, -0.1) is 0 Å². The van der Waals surface area contributed by atoms with Crippen molar-refractivity contribution >= 4 is 29.1 Å². The monoisotopic (exact) mass is 675 g/mol. The first-order valence-electron chi connectivity index (χ1n) is 17.1. The van der Waals surface area contributed by atoms with E-state index in [9.17, 15) is 19.5 Å². The molecular weight excluding hydrogens is 634 g/mol. The number of nitrogens with one attached hydrogen (secondary N) is 3. The molecule has 0 spiro atoms. The first kappa shape index (κ1) is 32.9. The summed E-state index contributed by atoms with van der Waals surface area (Å²) in [6, 6.07) is 21.7. The molecule has 4 N–H and O–H groups in total. The lowest BCUT2D eigenvalue weighted by molar-refractivity contribution is -0.135. The third kappa shape index (κ3) is 6.40. The van der Waals surface area contributed by atoms with E-state index >= 15 is 0 Å². The molecule has 0 bridgehead atoms. The number of hydrogen-bond acceptors (Lipinski definition) is 6. The van der Waals surface area contributed by atoms with Gasteiger partial charge in [-0.25, -0.2) is 19.6 Å². The van der Waals surface area contributed by atoms with Crippen LogP contribution in [0.2, 0.25) is 0 Å². The van der Waals surface area contributed by atoms with E-state index in [0.29, 0.717) is 18.9 Å². The molecule has 5 aromatic rings. The maximum atomic E-state index is 13.6. The Morgan fingerprint density at radius 3 is 2.02 bits per heavy atom. The number of methoxy groups -OCH3 is 1. The van der Waals surface area contributed by atoms with Gasteiger partial charge in [0.1, 0.15) is 17.7 Å². The van der Waals surface area contributed by atoms with Crippen LogP contribution < -0.4 is 5.32 Å². The number of carbonyl (C=O) groups is 3. The molecule has 2 saturated heterocycles. The van der Waals surface area contributed by atoms with Gasteiger partial charge in [-0.05, 0) is 71.6 Å². The molecule has 12 heteroatoms. The Labute approximate surface area is 289 Å². The number of carbonyl (C=O) groups excluding carboxylic acids is 2. The molecule has 2 aliphatic heterocycles. The Morgan fingerprint density at radius 1 is 0.820 bits per heavy atom. The number of likely N-dealkylation sites (tertiary alicyclic amines) is 2. The van der Waals surface area contributed by atoms with Gasteiger partial charge in [-0.2, -0.15) is 0 Å². The normalized spacial score (nSPS) is 18.2. The zero-order valence-electron chi connectivity index (χ0n) is 28.3. The Balaban J connectivity index is 1.04. The lowest BCUT2D eigenvalue weighted by atomic mass is 9.99. The number of fused-ring (bicyclic) bond motifs is 1. The lowest BCUT2D eigenvalue weighted by Crippen LogP contribution is -2.51. The molecule has 4 heterocycles. The molecule has 7 rings (SSSR count). The second-order valence-electron chi connectivity index (χ2n) is 13.4. The zero-order chi connectivity index (χ0) is 34.9. The fourth-order valence-corrected chi connectivity index (χ4v) is 7.19. The minimum Gasteiger partial charge on any atom is -0.465 e. The second-order valence-corrected chi connectivity index (χ2v) is 13.4. The molecule has 3 unspecified atom stereocenters. The number of imidazole rings is 2. The lowest BCUT2D eigenvalue weighted by Gasteiger charge is -2.29. The summed E-state index contributed by atoms with van der Waals surface area (Å²) in [5.74, 6) is 1.20. The van der Waals surface area contributed by atoms with Crippen LogP contribution >= 0.6 is 0 Å². The fourth-order valence-electron chi connectivity index (χ4n) is 7.19. The zero-order valence-corrected chi connectivity index (χ0v) is 28.3. The molecule has 3 atom stereocenters. The van der Waals surface area contributed by atoms with Crippen LogP contribution in [0.25, 0.3) is 44.5 Å². The molecule has 12 nitrogen and oxygen atoms in total. The van der Waals surface area contributed by atoms with E-state index < -0.39 is 18.2 Å². The molecule has 2 fully saturated rings. The van der Waals surface area contributed by atoms with Gasteiger partial charge < -0.3 is 30.0 Å². The summed E-state index contributed by atoms with van der Waals surface area (Å²) in [6.45, 7) is 4.94. The van der Waals surface area contributed by atoms with Crippen LogP contribution in [0.4, 0.5) is 9.59 Å². The maximum Gasteiger partial charge on any atom is 0.407 e. The Kier molecular flexibility index (Phi) is 9.00. The number of benzene rings is 3. The highest BCUT2D eigenvalue weighted by atomic mass is 16.5. The van der Waals surface area contributed by atoms with Crippen molar-refractivity contribution in [2.24, 2.45) is 5.92 Å². The average Bonchev–Trinajstić information content (AvgIpc) is 3.95. The van der Waals surface area contributed by atoms with Crippen LogP contribution in [0.5, 0.6) is 0 Å². The predicted molar refractivity (Wildman–Crippen MR) is 189 cm³/mol. The van der Waals surface area contributed by atoms with Crippen molar-refractivity contribution in [3.8, 4) is 33.5 Å². The molecule has 2 aromatic heterocycles. The van der Waals surface area contributed by atoms with E-state index in [0.717, 1.165) is 76.1 Å². The van der Waals surface area contributed by atoms with E-state index in [1.807, 2.05) is 36.9 Å². The van der Waals surface area contributed by atoms with Crippen molar-refractivity contribution in [1.82, 2.24) is 35.1 Å². The number of alkyl carbamates (subject to hydrolysis) is 1. The topological polar surface area (TPSA) is 157 Å².